The molecule has 244 valence electrons. The highest BCUT2D eigenvalue weighted by Gasteiger charge is 2.26. The van der Waals surface area contributed by atoms with Crippen LogP contribution in [0, 0.1) is 0 Å². The van der Waals surface area contributed by atoms with E-state index >= 15 is 0 Å². The van der Waals surface area contributed by atoms with E-state index in [0.29, 0.717) is 42.5 Å². The van der Waals surface area contributed by atoms with Gasteiger partial charge in [0.15, 0.2) is 5.65 Å². The molecule has 3 aromatic heterocycles. The predicted molar refractivity (Wildman–Crippen MR) is 169 cm³/mol. The normalized spacial score (nSPS) is 18.6. The van der Waals surface area contributed by atoms with Crippen molar-refractivity contribution in [2.24, 2.45) is 0 Å². The van der Waals surface area contributed by atoms with E-state index in [1.807, 2.05) is 24.3 Å². The lowest BCUT2D eigenvalue weighted by Crippen LogP contribution is -2.33. The van der Waals surface area contributed by atoms with Crippen molar-refractivity contribution < 1.29 is 27.8 Å². The summed E-state index contributed by atoms with van der Waals surface area (Å²) in [6, 6.07) is 14.1. The highest BCUT2D eigenvalue weighted by atomic mass is 19.3. The fraction of sp³-hybridized carbons (Fsp3) is 0.333. The monoisotopic (exact) mass is 644 g/mol. The van der Waals surface area contributed by atoms with Crippen molar-refractivity contribution >= 4 is 17.2 Å². The number of carbonyl (C=O) groups excluding carboxylic acids is 1. The molecule has 7 rings (SSSR count). The molecule has 0 spiro atoms. The number of likely N-dealkylation sites (tertiary alicyclic amines) is 1. The number of benzene rings is 2. The number of rotatable bonds is 10. The lowest BCUT2D eigenvalue weighted by atomic mass is 10.1. The zero-order valence-electron chi connectivity index (χ0n) is 25.7. The molecule has 2 N–H and O–H groups in total. The van der Waals surface area contributed by atoms with Gasteiger partial charge in [0.1, 0.15) is 28.5 Å². The number of alkyl halides is 2. The molecule has 0 bridgehead atoms. The minimum Gasteiger partial charge on any atom is -0.457 e. The summed E-state index contributed by atoms with van der Waals surface area (Å²) >= 11 is 0. The standard InChI is InChI=1S/C33H34F2N8O4/c1-41-12-3-6-22(41)19-42-20-27(39-32(44)26-17-38-43-13-4-10-37-31(26)43)30(40-42)25-16-24(8-9-28(25)47-33(34)35)46-23-7-2-5-21(15-23)29-18-36-11-14-45-29/h2,4-5,7-10,13,15-17,20,22,29,33,36H,3,6,11-12,14,18-19H2,1H3,(H,39,44). The zero-order chi connectivity index (χ0) is 32.3. The Labute approximate surface area is 269 Å². The fourth-order valence-electron chi connectivity index (χ4n) is 6.06. The Morgan fingerprint density at radius 3 is 2.89 bits per heavy atom. The van der Waals surface area contributed by atoms with Gasteiger partial charge in [-0.15, -0.1) is 0 Å². The van der Waals surface area contributed by atoms with Crippen LogP contribution in [-0.4, -0.2) is 81.1 Å². The average molecular weight is 645 g/mol. The summed E-state index contributed by atoms with van der Waals surface area (Å²) in [5.41, 5.74) is 2.37. The van der Waals surface area contributed by atoms with Crippen LogP contribution >= 0.6 is 0 Å². The van der Waals surface area contributed by atoms with E-state index in [-0.39, 0.29) is 34.7 Å². The molecule has 12 nitrogen and oxygen atoms in total. The van der Waals surface area contributed by atoms with Crippen molar-refractivity contribution in [3.8, 4) is 28.5 Å². The molecule has 5 heterocycles. The summed E-state index contributed by atoms with van der Waals surface area (Å²) in [6.45, 7) is 0.532. The second kappa shape index (κ2) is 13.4. The Hall–Kier alpha value is -4.92. The predicted octanol–water partition coefficient (Wildman–Crippen LogP) is 4.99. The van der Waals surface area contributed by atoms with Crippen molar-refractivity contribution in [1.29, 1.82) is 0 Å². The maximum atomic E-state index is 13.7. The number of likely N-dealkylation sites (N-methyl/N-ethyl adjacent to an activating group) is 1. The van der Waals surface area contributed by atoms with Crippen molar-refractivity contribution in [2.75, 3.05) is 38.6 Å². The lowest BCUT2D eigenvalue weighted by molar-refractivity contribution is -0.0494. The summed E-state index contributed by atoms with van der Waals surface area (Å²) in [7, 11) is 2.06. The first-order valence-electron chi connectivity index (χ1n) is 15.5. The minimum atomic E-state index is -3.08. The number of nitrogens with zero attached hydrogens (tertiary/aromatic N) is 6. The number of hydrogen-bond acceptors (Lipinski definition) is 9. The Morgan fingerprint density at radius 1 is 1.19 bits per heavy atom. The number of amides is 1. The van der Waals surface area contributed by atoms with Crippen LogP contribution < -0.4 is 20.1 Å². The summed E-state index contributed by atoms with van der Waals surface area (Å²) < 4.78 is 47.6. The Morgan fingerprint density at radius 2 is 2.09 bits per heavy atom. The van der Waals surface area contributed by atoms with Gasteiger partial charge in [-0.2, -0.15) is 19.0 Å². The van der Waals surface area contributed by atoms with Crippen molar-refractivity contribution in [2.45, 2.75) is 38.1 Å². The van der Waals surface area contributed by atoms with Gasteiger partial charge in [-0.1, -0.05) is 12.1 Å². The number of aromatic nitrogens is 5. The van der Waals surface area contributed by atoms with Gasteiger partial charge in [0.2, 0.25) is 0 Å². The number of nitrogens with one attached hydrogen (secondary N) is 2. The van der Waals surface area contributed by atoms with Crippen LogP contribution in [0.25, 0.3) is 16.9 Å². The van der Waals surface area contributed by atoms with E-state index in [2.05, 4.69) is 32.7 Å². The quantitative estimate of drug-likeness (QED) is 0.217. The van der Waals surface area contributed by atoms with Gasteiger partial charge in [0.05, 0.1) is 36.7 Å². The molecule has 2 fully saturated rings. The Balaban J connectivity index is 1.25. The van der Waals surface area contributed by atoms with Gasteiger partial charge in [-0.3, -0.25) is 9.48 Å². The van der Waals surface area contributed by atoms with Crippen molar-refractivity contribution in [3.05, 3.63) is 84.4 Å². The van der Waals surface area contributed by atoms with Crippen LogP contribution in [0.2, 0.25) is 0 Å². The van der Waals surface area contributed by atoms with Crippen molar-refractivity contribution in [3.63, 3.8) is 0 Å². The molecule has 2 aliphatic rings. The van der Waals surface area contributed by atoms with Crippen LogP contribution in [0.3, 0.4) is 0 Å². The average Bonchev–Trinajstić information content (AvgIpc) is 3.81. The molecule has 14 heteroatoms. The van der Waals surface area contributed by atoms with Crippen LogP contribution in [0.1, 0.15) is 34.9 Å². The molecule has 47 heavy (non-hydrogen) atoms. The lowest BCUT2D eigenvalue weighted by Gasteiger charge is -2.24. The van der Waals surface area contributed by atoms with Crippen LogP contribution in [0.5, 0.6) is 17.2 Å². The highest BCUT2D eigenvalue weighted by Crippen LogP contribution is 2.39. The molecule has 1 amide bonds. The molecular formula is C33H34F2N8O4. The van der Waals surface area contributed by atoms with E-state index in [1.54, 1.807) is 41.5 Å². The van der Waals surface area contributed by atoms with E-state index < -0.39 is 12.5 Å². The second-order valence-corrected chi connectivity index (χ2v) is 11.6. The molecule has 5 aromatic rings. The van der Waals surface area contributed by atoms with Gasteiger partial charge >= 0.3 is 6.61 Å². The number of hydrogen-bond donors (Lipinski definition) is 2. The van der Waals surface area contributed by atoms with Crippen LogP contribution in [0.4, 0.5) is 14.5 Å². The van der Waals surface area contributed by atoms with Gasteiger partial charge in [-0.05, 0) is 68.4 Å². The molecule has 2 atom stereocenters. The number of ether oxygens (including phenoxy) is 3. The number of carbonyl (C=O) groups is 1. The van der Waals surface area contributed by atoms with Gasteiger partial charge in [0, 0.05) is 37.7 Å². The van der Waals surface area contributed by atoms with E-state index in [4.69, 9.17) is 19.3 Å². The van der Waals surface area contributed by atoms with Gasteiger partial charge in [0.25, 0.3) is 5.91 Å². The smallest absolute Gasteiger partial charge is 0.387 e. The first-order chi connectivity index (χ1) is 22.9. The van der Waals surface area contributed by atoms with E-state index in [1.165, 1.54) is 16.8 Å². The summed E-state index contributed by atoms with van der Waals surface area (Å²) in [5.74, 6) is 0.335. The van der Waals surface area contributed by atoms with E-state index in [0.717, 1.165) is 31.5 Å². The molecule has 0 aliphatic carbocycles. The summed E-state index contributed by atoms with van der Waals surface area (Å²) in [4.78, 5) is 20.1. The molecule has 0 saturated carbocycles. The second-order valence-electron chi connectivity index (χ2n) is 11.6. The third-order valence-corrected chi connectivity index (χ3v) is 8.42. The number of morpholine rings is 1. The topological polar surface area (TPSA) is 120 Å². The molecular weight excluding hydrogens is 610 g/mol. The Kier molecular flexibility index (Phi) is 8.78. The molecule has 0 radical (unpaired) electrons. The maximum Gasteiger partial charge on any atom is 0.387 e. The zero-order valence-corrected chi connectivity index (χ0v) is 25.7. The van der Waals surface area contributed by atoms with Crippen LogP contribution in [-0.2, 0) is 11.3 Å². The summed E-state index contributed by atoms with van der Waals surface area (Å²) in [5, 5.41) is 15.3. The third kappa shape index (κ3) is 6.80. The number of halogens is 2. The maximum absolute atomic E-state index is 13.7. The van der Waals surface area contributed by atoms with Crippen molar-refractivity contribution in [1.82, 2.24) is 34.6 Å². The molecule has 2 aromatic carbocycles. The van der Waals surface area contributed by atoms with Crippen LogP contribution in [0.15, 0.2) is 73.3 Å². The SMILES string of the molecule is CN1CCCC1Cn1cc(NC(=O)c2cnn3cccnc23)c(-c2cc(Oc3cccc(C4CNCCO4)c3)ccc2OC(F)F)n1. The third-order valence-electron chi connectivity index (χ3n) is 8.42. The number of anilines is 1. The Bertz CT molecular complexity index is 1870. The first-order valence-corrected chi connectivity index (χ1v) is 15.5. The molecule has 2 aliphatic heterocycles. The van der Waals surface area contributed by atoms with Gasteiger partial charge < -0.3 is 29.7 Å². The fourth-order valence-corrected chi connectivity index (χ4v) is 6.06. The highest BCUT2D eigenvalue weighted by molar-refractivity contribution is 6.09. The van der Waals surface area contributed by atoms with E-state index in [9.17, 15) is 13.6 Å². The molecule has 2 saturated heterocycles. The molecule has 2 unspecified atom stereocenters. The first kappa shape index (κ1) is 30.7. The number of fused-ring (bicyclic) bond motifs is 1. The van der Waals surface area contributed by atoms with Gasteiger partial charge in [-0.25, -0.2) is 9.50 Å². The summed E-state index contributed by atoms with van der Waals surface area (Å²) in [6.07, 6.45) is 8.35. The largest absolute Gasteiger partial charge is 0.457 e. The minimum absolute atomic E-state index is 0.109.